The van der Waals surface area contributed by atoms with E-state index in [1.54, 1.807) is 24.3 Å². The molecule has 0 fully saturated rings. The number of carbonyl (C=O) groups is 1. The number of thiazole rings is 1. The highest BCUT2D eigenvalue weighted by molar-refractivity contribution is 7.90. The molecule has 0 aliphatic heterocycles. The lowest BCUT2D eigenvalue weighted by atomic mass is 9.87. The summed E-state index contributed by atoms with van der Waals surface area (Å²) in [5.41, 5.74) is 1.68. The summed E-state index contributed by atoms with van der Waals surface area (Å²) in [6.45, 7) is 6.02. The van der Waals surface area contributed by atoms with Gasteiger partial charge in [-0.2, -0.15) is 0 Å². The molecule has 0 saturated carbocycles. The van der Waals surface area contributed by atoms with Gasteiger partial charge in [-0.15, -0.1) is 0 Å². The van der Waals surface area contributed by atoms with Crippen LogP contribution in [0, 0.1) is 5.82 Å². The third-order valence-electron chi connectivity index (χ3n) is 5.59. The van der Waals surface area contributed by atoms with Gasteiger partial charge in [0.15, 0.2) is 0 Å². The topological polar surface area (TPSA) is 114 Å². The van der Waals surface area contributed by atoms with Crippen molar-refractivity contribution < 1.29 is 26.0 Å². The number of hydrogen-bond donors (Lipinski definition) is 2. The second kappa shape index (κ2) is 10.6. The lowest BCUT2D eigenvalue weighted by molar-refractivity contribution is 0.0981. The van der Waals surface area contributed by atoms with Gasteiger partial charge in [0.2, 0.25) is 10.9 Å². The molecule has 1 amide bonds. The maximum absolute atomic E-state index is 13.2. The summed E-state index contributed by atoms with van der Waals surface area (Å²) in [4.78, 5) is 16.9. The molecule has 1 aromatic heterocycles. The maximum atomic E-state index is 13.2. The molecule has 4 rings (SSSR count). The zero-order chi connectivity index (χ0) is 27.7. The van der Waals surface area contributed by atoms with E-state index in [1.165, 1.54) is 54.7 Å². The van der Waals surface area contributed by atoms with Gasteiger partial charge < -0.3 is 0 Å². The minimum Gasteiger partial charge on any atom is -0.268 e. The summed E-state index contributed by atoms with van der Waals surface area (Å²) >= 11 is 1.09. The molecule has 0 unspecified atom stereocenters. The van der Waals surface area contributed by atoms with Gasteiger partial charge in [0.05, 0.1) is 16.8 Å². The smallest absolute Gasteiger partial charge is 0.264 e. The molecule has 198 valence electrons. The van der Waals surface area contributed by atoms with Crippen molar-refractivity contribution in [3.8, 4) is 10.6 Å². The third-order valence-corrected chi connectivity index (χ3v) is 8.88. The van der Waals surface area contributed by atoms with Crippen LogP contribution in [0.4, 0.5) is 15.1 Å². The predicted molar refractivity (Wildman–Crippen MR) is 146 cm³/mol. The Kier molecular flexibility index (Phi) is 7.68. The zero-order valence-corrected chi connectivity index (χ0v) is 23.1. The highest BCUT2D eigenvalue weighted by Crippen LogP contribution is 2.35. The van der Waals surface area contributed by atoms with Crippen LogP contribution in [0.1, 0.15) is 36.7 Å². The van der Waals surface area contributed by atoms with Gasteiger partial charge in [-0.1, -0.05) is 44.2 Å². The highest BCUT2D eigenvalue weighted by atomic mass is 32.2. The van der Waals surface area contributed by atoms with E-state index < -0.39 is 32.6 Å². The van der Waals surface area contributed by atoms with Crippen molar-refractivity contribution >= 4 is 48.8 Å². The molecule has 12 heteroatoms. The van der Waals surface area contributed by atoms with Crippen LogP contribution in [0.3, 0.4) is 0 Å². The molecule has 8 nitrogen and oxygen atoms in total. The monoisotopic (exact) mass is 573 g/mol. The van der Waals surface area contributed by atoms with Gasteiger partial charge in [0.1, 0.15) is 15.8 Å². The first-order valence-corrected chi connectivity index (χ1v) is 14.7. The number of halogens is 1. The molecule has 0 aliphatic rings. The number of aromatic nitrogens is 1. The van der Waals surface area contributed by atoms with Crippen LogP contribution in [0.25, 0.3) is 10.6 Å². The third kappa shape index (κ3) is 6.09. The Hall–Kier alpha value is -3.61. The SMILES string of the molecule is CC(C)(C)c1ccc(S(=O)(=O)NC(=O)c2ccc(N(c3cnc(-c4ccc(F)cc4)s3)[SH](=O)=O)cc2)cc1. The van der Waals surface area contributed by atoms with Crippen LogP contribution in [-0.4, -0.2) is 27.7 Å². The molecule has 3 aromatic carbocycles. The Balaban J connectivity index is 1.52. The molecule has 0 saturated heterocycles. The second-order valence-electron chi connectivity index (χ2n) is 9.32. The van der Waals surface area contributed by atoms with Crippen LogP contribution in [-0.2, 0) is 26.3 Å². The molecular weight excluding hydrogens is 550 g/mol. The van der Waals surface area contributed by atoms with Crippen molar-refractivity contribution in [1.82, 2.24) is 9.71 Å². The summed E-state index contributed by atoms with van der Waals surface area (Å²) in [6, 6.07) is 17.4. The molecule has 0 aliphatic carbocycles. The van der Waals surface area contributed by atoms with E-state index in [-0.39, 0.29) is 21.6 Å². The second-order valence-corrected chi connectivity index (χ2v) is 12.9. The number of carbonyl (C=O) groups excluding carboxylic acids is 1. The number of nitrogens with one attached hydrogen (secondary N) is 1. The van der Waals surface area contributed by atoms with Crippen molar-refractivity contribution in [3.05, 3.63) is 95.9 Å². The maximum Gasteiger partial charge on any atom is 0.264 e. The minimum absolute atomic E-state index is 0.0287. The first kappa shape index (κ1) is 27.4. The fourth-order valence-corrected chi connectivity index (χ4v) is 6.21. The summed E-state index contributed by atoms with van der Waals surface area (Å²) in [5, 5.41) is 0.789. The van der Waals surface area contributed by atoms with E-state index in [0.29, 0.717) is 15.6 Å². The van der Waals surface area contributed by atoms with Crippen molar-refractivity contribution in [2.24, 2.45) is 0 Å². The zero-order valence-electron chi connectivity index (χ0n) is 20.6. The lowest BCUT2D eigenvalue weighted by Crippen LogP contribution is -2.30. The quantitative estimate of drug-likeness (QED) is 0.300. The number of nitrogens with zero attached hydrogens (tertiary/aromatic N) is 2. The first-order chi connectivity index (χ1) is 17.8. The average molecular weight is 574 g/mol. The molecule has 1 N–H and O–H groups in total. The molecule has 38 heavy (non-hydrogen) atoms. The minimum atomic E-state index is -4.12. The summed E-state index contributed by atoms with van der Waals surface area (Å²) in [7, 11) is -7.23. The van der Waals surface area contributed by atoms with Crippen LogP contribution in [0.2, 0.25) is 0 Å². The Labute approximate surface area is 225 Å². The standard InChI is InChI=1S/C26H24FN3O5S3/c1-26(2,3)19-8-14-22(15-9-19)38(34,35)29-24(31)17-6-12-21(13-7-17)30(37(32)33)23-16-28-25(36-23)18-4-10-20(27)11-5-18/h4-16,37H,1-3H3,(H,29,31). The molecule has 0 atom stereocenters. The number of anilines is 2. The van der Waals surface area contributed by atoms with Gasteiger partial charge in [0, 0.05) is 11.1 Å². The van der Waals surface area contributed by atoms with Gasteiger partial charge in [-0.05, 0) is 71.6 Å². The van der Waals surface area contributed by atoms with Crippen LogP contribution in [0.5, 0.6) is 0 Å². The van der Waals surface area contributed by atoms with E-state index in [9.17, 15) is 26.0 Å². The van der Waals surface area contributed by atoms with Gasteiger partial charge >= 0.3 is 0 Å². The van der Waals surface area contributed by atoms with E-state index in [1.807, 2.05) is 25.5 Å². The van der Waals surface area contributed by atoms with Gasteiger partial charge in [0.25, 0.3) is 15.9 Å². The highest BCUT2D eigenvalue weighted by Gasteiger charge is 2.22. The number of hydrogen-bond acceptors (Lipinski definition) is 7. The van der Waals surface area contributed by atoms with Crippen molar-refractivity contribution in [1.29, 1.82) is 0 Å². The van der Waals surface area contributed by atoms with E-state index in [0.717, 1.165) is 21.2 Å². The van der Waals surface area contributed by atoms with Crippen LogP contribution >= 0.6 is 11.3 Å². The number of thiol groups is 1. The molecular formula is C26H24FN3O5S3. The van der Waals surface area contributed by atoms with Crippen molar-refractivity contribution in [3.63, 3.8) is 0 Å². The average Bonchev–Trinajstić information content (AvgIpc) is 3.33. The summed E-state index contributed by atoms with van der Waals surface area (Å²) < 4.78 is 65.9. The number of amides is 1. The van der Waals surface area contributed by atoms with Crippen molar-refractivity contribution in [2.45, 2.75) is 31.1 Å². The molecule has 0 bridgehead atoms. The molecule has 4 aromatic rings. The Morgan fingerprint density at radius 2 is 1.55 bits per heavy atom. The van der Waals surface area contributed by atoms with Gasteiger partial charge in [-0.25, -0.2) is 35.2 Å². The summed E-state index contributed by atoms with van der Waals surface area (Å²) in [6.07, 6.45) is 1.38. The molecule has 1 heterocycles. The number of sulfonamides is 1. The number of rotatable bonds is 7. The van der Waals surface area contributed by atoms with Crippen LogP contribution in [0.15, 0.2) is 83.9 Å². The fraction of sp³-hybridized carbons (Fsp3) is 0.154. The first-order valence-electron chi connectivity index (χ1n) is 11.3. The molecule has 0 radical (unpaired) electrons. The lowest BCUT2D eigenvalue weighted by Gasteiger charge is -2.19. The largest absolute Gasteiger partial charge is 0.268 e. The Morgan fingerprint density at radius 3 is 2.11 bits per heavy atom. The Bertz CT molecular complexity index is 1630. The van der Waals surface area contributed by atoms with E-state index >= 15 is 0 Å². The fourth-order valence-electron chi connectivity index (χ4n) is 3.52. The Morgan fingerprint density at radius 1 is 0.947 bits per heavy atom. The van der Waals surface area contributed by atoms with E-state index in [2.05, 4.69) is 4.98 Å². The van der Waals surface area contributed by atoms with E-state index in [4.69, 9.17) is 0 Å². The number of benzene rings is 3. The normalized spacial score (nSPS) is 11.9. The van der Waals surface area contributed by atoms with Crippen molar-refractivity contribution in [2.75, 3.05) is 4.31 Å². The summed E-state index contributed by atoms with van der Waals surface area (Å²) in [5.74, 6) is -1.25. The van der Waals surface area contributed by atoms with Gasteiger partial charge in [-0.3, -0.25) is 4.79 Å². The molecule has 0 spiro atoms. The van der Waals surface area contributed by atoms with Crippen LogP contribution < -0.4 is 9.03 Å². The predicted octanol–water partition coefficient (Wildman–Crippen LogP) is 5.03.